The summed E-state index contributed by atoms with van der Waals surface area (Å²) in [6, 6.07) is 5.44. The molecule has 0 bridgehead atoms. The first-order chi connectivity index (χ1) is 8.62. The van der Waals surface area contributed by atoms with Crippen LogP contribution in [0.4, 0.5) is 5.69 Å². The summed E-state index contributed by atoms with van der Waals surface area (Å²) in [7, 11) is 3.10. The van der Waals surface area contributed by atoms with Crippen LogP contribution in [0, 0.1) is 18.3 Å². The van der Waals surface area contributed by atoms with Gasteiger partial charge in [0.2, 0.25) is 5.91 Å². The number of carbonyl (C=O) groups is 1. The number of rotatable bonds is 5. The van der Waals surface area contributed by atoms with Gasteiger partial charge in [-0.2, -0.15) is 5.26 Å². The van der Waals surface area contributed by atoms with Crippen molar-refractivity contribution < 1.29 is 14.3 Å². The number of amides is 1. The number of benzene rings is 1. The van der Waals surface area contributed by atoms with Gasteiger partial charge in [0.05, 0.1) is 26.0 Å². The van der Waals surface area contributed by atoms with Gasteiger partial charge in [0.1, 0.15) is 11.5 Å². The zero-order chi connectivity index (χ0) is 13.5. The summed E-state index contributed by atoms with van der Waals surface area (Å²) in [5.41, 5.74) is 1.46. The lowest BCUT2D eigenvalue weighted by Crippen LogP contribution is -2.12. The molecule has 0 aromatic heterocycles. The normalized spacial score (nSPS) is 9.44. The molecular weight excluding hydrogens is 232 g/mol. The zero-order valence-electron chi connectivity index (χ0n) is 10.7. The third kappa shape index (κ3) is 3.39. The maximum atomic E-state index is 11.6. The molecule has 1 amide bonds. The number of nitrogens with zero attached hydrogens (tertiary/aromatic N) is 1. The summed E-state index contributed by atoms with van der Waals surface area (Å²) >= 11 is 0. The number of hydrogen-bond acceptors (Lipinski definition) is 4. The summed E-state index contributed by atoms with van der Waals surface area (Å²) in [6.07, 6.45) is 0.370. The molecule has 0 atom stereocenters. The van der Waals surface area contributed by atoms with Crippen molar-refractivity contribution in [3.8, 4) is 17.6 Å². The zero-order valence-corrected chi connectivity index (χ0v) is 10.7. The van der Waals surface area contributed by atoms with Gasteiger partial charge in [-0.05, 0) is 18.6 Å². The van der Waals surface area contributed by atoms with Crippen molar-refractivity contribution in [2.45, 2.75) is 19.8 Å². The van der Waals surface area contributed by atoms with Crippen LogP contribution in [0.3, 0.4) is 0 Å². The van der Waals surface area contributed by atoms with Crippen LogP contribution in [0.1, 0.15) is 18.4 Å². The van der Waals surface area contributed by atoms with E-state index in [2.05, 4.69) is 5.32 Å². The Morgan fingerprint density at radius 2 is 2.11 bits per heavy atom. The van der Waals surface area contributed by atoms with Crippen molar-refractivity contribution in [2.75, 3.05) is 19.5 Å². The number of anilines is 1. The molecule has 1 aromatic carbocycles. The van der Waals surface area contributed by atoms with E-state index < -0.39 is 0 Å². The Bertz CT molecular complexity index is 478. The first-order valence-corrected chi connectivity index (χ1v) is 5.51. The number of nitrogens with one attached hydrogen (secondary N) is 1. The third-order valence-electron chi connectivity index (χ3n) is 2.46. The molecule has 18 heavy (non-hydrogen) atoms. The highest BCUT2D eigenvalue weighted by Crippen LogP contribution is 2.33. The molecule has 0 aliphatic rings. The SMILES string of the molecule is COc1cc(C)c(NC(=O)CCC#N)c(OC)c1. The summed E-state index contributed by atoms with van der Waals surface area (Å²) < 4.78 is 10.3. The topological polar surface area (TPSA) is 71.3 Å². The summed E-state index contributed by atoms with van der Waals surface area (Å²) in [5.74, 6) is 1.000. The van der Waals surface area contributed by atoms with Crippen molar-refractivity contribution in [3.63, 3.8) is 0 Å². The van der Waals surface area contributed by atoms with Crippen LogP contribution in [0.5, 0.6) is 11.5 Å². The van der Waals surface area contributed by atoms with Crippen LogP contribution < -0.4 is 14.8 Å². The Balaban J connectivity index is 2.94. The van der Waals surface area contributed by atoms with E-state index >= 15 is 0 Å². The minimum absolute atomic E-state index is 0.172. The predicted octanol–water partition coefficient (Wildman–Crippen LogP) is 2.25. The van der Waals surface area contributed by atoms with Crippen LogP contribution in [-0.2, 0) is 4.79 Å². The minimum atomic E-state index is -0.205. The second-order valence-corrected chi connectivity index (χ2v) is 3.73. The Kier molecular flexibility index (Phi) is 5.00. The fraction of sp³-hybridized carbons (Fsp3) is 0.385. The molecule has 0 aliphatic heterocycles. The highest BCUT2D eigenvalue weighted by Gasteiger charge is 2.12. The van der Waals surface area contributed by atoms with Gasteiger partial charge in [0.15, 0.2) is 0 Å². The fourth-order valence-corrected chi connectivity index (χ4v) is 1.53. The van der Waals surface area contributed by atoms with E-state index in [0.29, 0.717) is 17.2 Å². The number of carbonyl (C=O) groups excluding carboxylic acids is 1. The molecule has 5 nitrogen and oxygen atoms in total. The van der Waals surface area contributed by atoms with E-state index in [1.165, 1.54) is 7.11 Å². The molecule has 96 valence electrons. The lowest BCUT2D eigenvalue weighted by molar-refractivity contribution is -0.116. The molecule has 1 N–H and O–H groups in total. The highest BCUT2D eigenvalue weighted by atomic mass is 16.5. The van der Waals surface area contributed by atoms with Gasteiger partial charge in [-0.25, -0.2) is 0 Å². The van der Waals surface area contributed by atoms with Crippen LogP contribution in [-0.4, -0.2) is 20.1 Å². The third-order valence-corrected chi connectivity index (χ3v) is 2.46. The quantitative estimate of drug-likeness (QED) is 0.867. The predicted molar refractivity (Wildman–Crippen MR) is 67.8 cm³/mol. The fourth-order valence-electron chi connectivity index (χ4n) is 1.53. The summed E-state index contributed by atoms with van der Waals surface area (Å²) in [4.78, 5) is 11.6. The number of aryl methyl sites for hydroxylation is 1. The van der Waals surface area contributed by atoms with Gasteiger partial charge in [0, 0.05) is 18.9 Å². The van der Waals surface area contributed by atoms with E-state index in [9.17, 15) is 4.79 Å². The first-order valence-electron chi connectivity index (χ1n) is 5.51. The monoisotopic (exact) mass is 248 g/mol. The maximum Gasteiger partial charge on any atom is 0.225 e. The van der Waals surface area contributed by atoms with Crippen molar-refractivity contribution >= 4 is 11.6 Å². The molecule has 0 radical (unpaired) electrons. The second kappa shape index (κ2) is 6.50. The Morgan fingerprint density at radius 3 is 2.67 bits per heavy atom. The second-order valence-electron chi connectivity index (χ2n) is 3.73. The molecule has 5 heteroatoms. The van der Waals surface area contributed by atoms with Crippen molar-refractivity contribution in [1.29, 1.82) is 5.26 Å². The average Bonchev–Trinajstić information content (AvgIpc) is 2.38. The van der Waals surface area contributed by atoms with Gasteiger partial charge in [-0.1, -0.05) is 0 Å². The molecule has 0 saturated carbocycles. The molecule has 0 spiro atoms. The average molecular weight is 248 g/mol. The number of methoxy groups -OCH3 is 2. The summed E-state index contributed by atoms with van der Waals surface area (Å²) in [5, 5.41) is 11.2. The Labute approximate surface area is 106 Å². The van der Waals surface area contributed by atoms with Crippen LogP contribution in [0.25, 0.3) is 0 Å². The van der Waals surface area contributed by atoms with Gasteiger partial charge in [-0.15, -0.1) is 0 Å². The molecule has 0 fully saturated rings. The van der Waals surface area contributed by atoms with Crippen molar-refractivity contribution in [1.82, 2.24) is 0 Å². The minimum Gasteiger partial charge on any atom is -0.497 e. The highest BCUT2D eigenvalue weighted by molar-refractivity contribution is 5.93. The smallest absolute Gasteiger partial charge is 0.225 e. The molecular formula is C13H16N2O3. The van der Waals surface area contributed by atoms with E-state index in [-0.39, 0.29) is 18.7 Å². The van der Waals surface area contributed by atoms with Crippen molar-refractivity contribution in [3.05, 3.63) is 17.7 Å². The standard InChI is InChI=1S/C13H16N2O3/c1-9-7-10(17-2)8-11(18-3)13(9)15-12(16)5-4-6-14/h7-8H,4-5H2,1-3H3,(H,15,16). The lowest BCUT2D eigenvalue weighted by atomic mass is 10.1. The Hall–Kier alpha value is -2.22. The Morgan fingerprint density at radius 1 is 1.39 bits per heavy atom. The van der Waals surface area contributed by atoms with Gasteiger partial charge in [-0.3, -0.25) is 4.79 Å². The summed E-state index contributed by atoms with van der Waals surface area (Å²) in [6.45, 7) is 1.85. The van der Waals surface area contributed by atoms with Gasteiger partial charge in [0.25, 0.3) is 0 Å². The number of hydrogen-bond donors (Lipinski definition) is 1. The molecule has 1 aromatic rings. The van der Waals surface area contributed by atoms with Gasteiger partial charge >= 0.3 is 0 Å². The molecule has 0 saturated heterocycles. The van der Waals surface area contributed by atoms with E-state index in [1.54, 1.807) is 13.2 Å². The van der Waals surface area contributed by atoms with E-state index in [0.717, 1.165) is 5.56 Å². The molecule has 1 rings (SSSR count). The first kappa shape index (κ1) is 13.8. The molecule has 0 aliphatic carbocycles. The van der Waals surface area contributed by atoms with Gasteiger partial charge < -0.3 is 14.8 Å². The molecule has 0 unspecified atom stereocenters. The van der Waals surface area contributed by atoms with E-state index in [4.69, 9.17) is 14.7 Å². The number of nitriles is 1. The van der Waals surface area contributed by atoms with Crippen LogP contribution in [0.2, 0.25) is 0 Å². The molecule has 0 heterocycles. The van der Waals surface area contributed by atoms with Crippen LogP contribution in [0.15, 0.2) is 12.1 Å². The maximum absolute atomic E-state index is 11.6. The van der Waals surface area contributed by atoms with Crippen LogP contribution >= 0.6 is 0 Å². The lowest BCUT2D eigenvalue weighted by Gasteiger charge is -2.14. The number of ether oxygens (including phenoxy) is 2. The largest absolute Gasteiger partial charge is 0.497 e. The van der Waals surface area contributed by atoms with Crippen molar-refractivity contribution in [2.24, 2.45) is 0 Å². The van der Waals surface area contributed by atoms with E-state index in [1.807, 2.05) is 19.1 Å².